The molecule has 1 aliphatic heterocycles. The van der Waals surface area contributed by atoms with Crippen LogP contribution in [0.5, 0.6) is 11.5 Å². The summed E-state index contributed by atoms with van der Waals surface area (Å²) in [5, 5.41) is 5.64. The zero-order valence-electron chi connectivity index (χ0n) is 17.1. The van der Waals surface area contributed by atoms with Gasteiger partial charge in [0, 0.05) is 11.3 Å². The van der Waals surface area contributed by atoms with Gasteiger partial charge in [0.05, 0.1) is 31.9 Å². The van der Waals surface area contributed by atoms with Gasteiger partial charge in [0.2, 0.25) is 0 Å². The summed E-state index contributed by atoms with van der Waals surface area (Å²) in [6.45, 7) is 6.57. The Hall–Kier alpha value is -2.70. The lowest BCUT2D eigenvalue weighted by Gasteiger charge is -2.30. The number of nitrogens with one attached hydrogen (secondary N) is 2. The number of rotatable bonds is 10. The number of methoxy groups -OCH3 is 1. The number of hydrogen-bond donors (Lipinski definition) is 2. The molecule has 0 aliphatic carbocycles. The van der Waals surface area contributed by atoms with Crippen LogP contribution >= 0.6 is 0 Å². The summed E-state index contributed by atoms with van der Waals surface area (Å²) in [6.07, 6.45) is 3.20. The molecule has 1 atom stereocenters. The van der Waals surface area contributed by atoms with Crippen molar-refractivity contribution in [2.24, 2.45) is 0 Å². The normalized spacial score (nSPS) is 16.3. The van der Waals surface area contributed by atoms with E-state index in [-0.39, 0.29) is 12.6 Å². The number of carbonyl (C=O) groups excluding carboxylic acids is 2. The Labute approximate surface area is 166 Å². The zero-order valence-corrected chi connectivity index (χ0v) is 17.1. The molecule has 2 rings (SSSR count). The third-order valence-corrected chi connectivity index (χ3v) is 4.42. The van der Waals surface area contributed by atoms with E-state index in [0.29, 0.717) is 41.4 Å². The van der Waals surface area contributed by atoms with Crippen molar-refractivity contribution in [3.05, 3.63) is 35.0 Å². The molecule has 1 unspecified atom stereocenters. The molecule has 0 aromatic heterocycles. The van der Waals surface area contributed by atoms with Gasteiger partial charge < -0.3 is 24.8 Å². The van der Waals surface area contributed by atoms with Crippen LogP contribution in [0, 0.1) is 0 Å². The number of benzene rings is 1. The Bertz CT molecular complexity index is 730. The molecule has 1 aromatic rings. The molecule has 0 saturated carbocycles. The summed E-state index contributed by atoms with van der Waals surface area (Å²) in [6, 6.07) is 4.41. The molecule has 0 fully saturated rings. The quantitative estimate of drug-likeness (QED) is 0.593. The van der Waals surface area contributed by atoms with E-state index in [2.05, 4.69) is 17.6 Å². The van der Waals surface area contributed by atoms with E-state index >= 15 is 0 Å². The number of carbonyl (C=O) groups is 2. The summed E-state index contributed by atoms with van der Waals surface area (Å²) >= 11 is 0. The maximum absolute atomic E-state index is 12.8. The molecule has 0 spiro atoms. The van der Waals surface area contributed by atoms with E-state index in [1.807, 2.05) is 19.1 Å². The third kappa shape index (κ3) is 4.97. The van der Waals surface area contributed by atoms with Gasteiger partial charge >= 0.3 is 12.0 Å². The highest BCUT2D eigenvalue weighted by Gasteiger charge is 2.35. The highest BCUT2D eigenvalue weighted by molar-refractivity contribution is 5.95. The first kappa shape index (κ1) is 21.6. The van der Waals surface area contributed by atoms with Gasteiger partial charge in [0.1, 0.15) is 0 Å². The van der Waals surface area contributed by atoms with Gasteiger partial charge in [-0.25, -0.2) is 9.59 Å². The standard InChI is InChI=1S/C21H30N2O5/c1-5-8-11-15-17(20(24)27-7-3)18(23-21(25)22-15)14-10-9-12-16(26-4)19(14)28-13-6-2/h9-10,12,18H,5-8,11,13H2,1-4H3,(H2,22,23,25). The van der Waals surface area contributed by atoms with Gasteiger partial charge in [-0.2, -0.15) is 0 Å². The van der Waals surface area contributed by atoms with Crippen LogP contribution in [-0.4, -0.2) is 32.3 Å². The summed E-state index contributed by atoms with van der Waals surface area (Å²) < 4.78 is 16.7. The van der Waals surface area contributed by atoms with E-state index in [0.717, 1.165) is 19.3 Å². The first-order chi connectivity index (χ1) is 13.6. The van der Waals surface area contributed by atoms with Crippen molar-refractivity contribution < 1.29 is 23.8 Å². The van der Waals surface area contributed by atoms with Crippen LogP contribution in [0.2, 0.25) is 0 Å². The minimum absolute atomic E-state index is 0.251. The lowest BCUT2D eigenvalue weighted by atomic mass is 9.92. The summed E-state index contributed by atoms with van der Waals surface area (Å²) in [5.74, 6) is 0.628. The molecule has 2 N–H and O–H groups in total. The van der Waals surface area contributed by atoms with Crippen LogP contribution in [0.25, 0.3) is 0 Å². The Morgan fingerprint density at radius 3 is 2.61 bits per heavy atom. The Morgan fingerprint density at radius 1 is 1.18 bits per heavy atom. The van der Waals surface area contributed by atoms with Gasteiger partial charge in [-0.3, -0.25) is 0 Å². The molecule has 0 radical (unpaired) electrons. The molecular formula is C21H30N2O5. The van der Waals surface area contributed by atoms with Gasteiger partial charge in [-0.1, -0.05) is 32.4 Å². The van der Waals surface area contributed by atoms with Crippen molar-refractivity contribution in [1.29, 1.82) is 0 Å². The van der Waals surface area contributed by atoms with Gasteiger partial charge in [0.15, 0.2) is 11.5 Å². The van der Waals surface area contributed by atoms with E-state index in [1.54, 1.807) is 20.1 Å². The number of esters is 1. The molecule has 154 valence electrons. The van der Waals surface area contributed by atoms with Crippen molar-refractivity contribution in [3.8, 4) is 11.5 Å². The number of ether oxygens (including phenoxy) is 3. The maximum atomic E-state index is 12.8. The van der Waals surface area contributed by atoms with Crippen LogP contribution in [0.3, 0.4) is 0 Å². The lowest BCUT2D eigenvalue weighted by Crippen LogP contribution is -2.46. The maximum Gasteiger partial charge on any atom is 0.338 e. The second-order valence-electron chi connectivity index (χ2n) is 6.47. The van der Waals surface area contributed by atoms with E-state index < -0.39 is 12.0 Å². The van der Waals surface area contributed by atoms with Crippen LogP contribution in [0.1, 0.15) is 58.1 Å². The first-order valence-corrected chi connectivity index (χ1v) is 9.84. The minimum Gasteiger partial charge on any atom is -0.493 e. The highest BCUT2D eigenvalue weighted by atomic mass is 16.5. The molecular weight excluding hydrogens is 360 g/mol. The van der Waals surface area contributed by atoms with Crippen LogP contribution < -0.4 is 20.1 Å². The van der Waals surface area contributed by atoms with Crippen molar-refractivity contribution in [1.82, 2.24) is 10.6 Å². The fourth-order valence-electron chi connectivity index (χ4n) is 3.13. The summed E-state index contributed by atoms with van der Waals surface area (Å²) in [5.41, 5.74) is 1.67. The average molecular weight is 390 g/mol. The molecule has 0 bridgehead atoms. The largest absolute Gasteiger partial charge is 0.493 e. The molecule has 1 heterocycles. The average Bonchev–Trinajstić information content (AvgIpc) is 2.69. The molecule has 0 saturated heterocycles. The van der Waals surface area contributed by atoms with Crippen LogP contribution in [-0.2, 0) is 9.53 Å². The Kier molecular flexibility index (Phi) is 8.17. The van der Waals surface area contributed by atoms with E-state index in [1.165, 1.54) is 0 Å². The second kappa shape index (κ2) is 10.6. The number of urea groups is 1. The topological polar surface area (TPSA) is 85.9 Å². The van der Waals surface area contributed by atoms with Crippen LogP contribution in [0.4, 0.5) is 4.79 Å². The first-order valence-electron chi connectivity index (χ1n) is 9.84. The molecule has 28 heavy (non-hydrogen) atoms. The van der Waals surface area contributed by atoms with Crippen molar-refractivity contribution >= 4 is 12.0 Å². The molecule has 2 amide bonds. The smallest absolute Gasteiger partial charge is 0.338 e. The van der Waals surface area contributed by atoms with Gasteiger partial charge in [-0.05, 0) is 32.3 Å². The van der Waals surface area contributed by atoms with E-state index in [4.69, 9.17) is 14.2 Å². The number of unbranched alkanes of at least 4 members (excludes halogenated alkanes) is 1. The monoisotopic (exact) mass is 390 g/mol. The third-order valence-electron chi connectivity index (χ3n) is 4.42. The Balaban J connectivity index is 2.59. The number of hydrogen-bond acceptors (Lipinski definition) is 5. The number of para-hydroxylation sites is 1. The van der Waals surface area contributed by atoms with Gasteiger partial charge in [-0.15, -0.1) is 0 Å². The molecule has 7 heteroatoms. The van der Waals surface area contributed by atoms with Gasteiger partial charge in [0.25, 0.3) is 0 Å². The molecule has 1 aliphatic rings. The zero-order chi connectivity index (χ0) is 20.5. The predicted octanol–water partition coefficient (Wildman–Crippen LogP) is 3.85. The number of allylic oxidation sites excluding steroid dienone is 1. The lowest BCUT2D eigenvalue weighted by molar-refractivity contribution is -0.139. The minimum atomic E-state index is -0.679. The summed E-state index contributed by atoms with van der Waals surface area (Å²) in [4.78, 5) is 25.1. The Morgan fingerprint density at radius 2 is 1.96 bits per heavy atom. The van der Waals surface area contributed by atoms with E-state index in [9.17, 15) is 9.59 Å². The SMILES string of the molecule is CCCCC1=C(C(=O)OCC)C(c2cccc(OC)c2OCCC)NC(=O)N1. The highest BCUT2D eigenvalue weighted by Crippen LogP contribution is 2.40. The molecule has 1 aromatic carbocycles. The fourth-order valence-corrected chi connectivity index (χ4v) is 3.13. The predicted molar refractivity (Wildman–Crippen MR) is 106 cm³/mol. The second-order valence-corrected chi connectivity index (χ2v) is 6.47. The van der Waals surface area contributed by atoms with Crippen LogP contribution in [0.15, 0.2) is 29.5 Å². The van der Waals surface area contributed by atoms with Crippen molar-refractivity contribution in [2.75, 3.05) is 20.3 Å². The summed E-state index contributed by atoms with van der Waals surface area (Å²) in [7, 11) is 1.56. The van der Waals surface area contributed by atoms with Crippen molar-refractivity contribution in [2.45, 2.75) is 52.5 Å². The van der Waals surface area contributed by atoms with Crippen molar-refractivity contribution in [3.63, 3.8) is 0 Å². The number of amides is 2. The molecule has 7 nitrogen and oxygen atoms in total. The fraction of sp³-hybridized carbons (Fsp3) is 0.524.